The molecule has 280 valence electrons. The van der Waals surface area contributed by atoms with Crippen LogP contribution < -0.4 is 0 Å². The Morgan fingerprint density at radius 3 is 1.65 bits per heavy atom. The Morgan fingerprint density at radius 2 is 0.850 bits per heavy atom. The van der Waals surface area contributed by atoms with Crippen LogP contribution in [0.1, 0.15) is 0 Å². The Bertz CT molecular complexity index is 3610. The van der Waals surface area contributed by atoms with Crippen LogP contribution in [0.25, 0.3) is 122 Å². The number of fused-ring (bicyclic) bond motifs is 8. The van der Waals surface area contributed by atoms with Gasteiger partial charge in [0, 0.05) is 49.2 Å². The molecule has 0 saturated carbocycles. The monoisotopic (exact) mass is 767 g/mol. The van der Waals surface area contributed by atoms with Crippen molar-refractivity contribution in [1.82, 2.24) is 15.0 Å². The fourth-order valence-electron chi connectivity index (χ4n) is 8.54. The number of hydrogen-bond acceptors (Lipinski definition) is 5. The van der Waals surface area contributed by atoms with Crippen molar-refractivity contribution in [1.29, 1.82) is 0 Å². The van der Waals surface area contributed by atoms with Crippen LogP contribution in [0.3, 0.4) is 0 Å². The lowest BCUT2D eigenvalue weighted by Gasteiger charge is -2.12. The minimum absolute atomic E-state index is 0.620. The molecule has 4 heterocycles. The van der Waals surface area contributed by atoms with Gasteiger partial charge in [-0.3, -0.25) is 0 Å². The summed E-state index contributed by atoms with van der Waals surface area (Å²) in [6.45, 7) is 0. The number of rotatable bonds is 6. The Labute approximate surface area is 344 Å². The Morgan fingerprint density at radius 1 is 0.300 bits per heavy atom. The van der Waals surface area contributed by atoms with E-state index >= 15 is 0 Å². The molecular formula is C55H33N3O2. The van der Waals surface area contributed by atoms with Crippen LogP contribution >= 0.6 is 0 Å². The fourth-order valence-corrected chi connectivity index (χ4v) is 8.54. The van der Waals surface area contributed by atoms with Crippen molar-refractivity contribution in [3.63, 3.8) is 0 Å². The number of furan rings is 2. The molecule has 0 unspecified atom stereocenters. The third-order valence-electron chi connectivity index (χ3n) is 11.5. The summed E-state index contributed by atoms with van der Waals surface area (Å²) in [6.07, 6.45) is 0. The zero-order valence-corrected chi connectivity index (χ0v) is 32.2. The summed E-state index contributed by atoms with van der Waals surface area (Å²) in [7, 11) is 0. The quantitative estimate of drug-likeness (QED) is 0.169. The van der Waals surface area contributed by atoms with E-state index in [0.29, 0.717) is 5.82 Å². The Balaban J connectivity index is 1.01. The number of aromatic nitrogens is 3. The highest BCUT2D eigenvalue weighted by Gasteiger charge is 2.20. The summed E-state index contributed by atoms with van der Waals surface area (Å²) >= 11 is 0. The van der Waals surface area contributed by atoms with Gasteiger partial charge in [-0.15, -0.1) is 0 Å². The average Bonchev–Trinajstić information content (AvgIpc) is 3.91. The zero-order chi connectivity index (χ0) is 39.6. The Kier molecular flexibility index (Phi) is 7.78. The van der Waals surface area contributed by atoms with E-state index in [4.69, 9.17) is 23.8 Å². The maximum atomic E-state index is 6.73. The highest BCUT2D eigenvalue weighted by Crippen LogP contribution is 2.42. The van der Waals surface area contributed by atoms with Crippen LogP contribution in [-0.2, 0) is 0 Å². The molecule has 0 spiro atoms. The van der Waals surface area contributed by atoms with Crippen molar-refractivity contribution >= 4 is 54.8 Å². The minimum Gasteiger partial charge on any atom is -0.456 e. The number of para-hydroxylation sites is 2. The molecule has 0 bridgehead atoms. The smallest absolute Gasteiger partial charge is 0.162 e. The lowest BCUT2D eigenvalue weighted by Crippen LogP contribution is -1.96. The molecule has 0 aliphatic rings. The van der Waals surface area contributed by atoms with Gasteiger partial charge in [0.1, 0.15) is 22.4 Å². The van der Waals surface area contributed by atoms with Gasteiger partial charge < -0.3 is 8.83 Å². The predicted octanol–water partition coefficient (Wildman–Crippen LogP) is 14.8. The molecule has 0 fully saturated rings. The maximum absolute atomic E-state index is 6.73. The minimum atomic E-state index is 0.620. The van der Waals surface area contributed by atoms with Gasteiger partial charge in [-0.05, 0) is 82.9 Å². The molecule has 0 amide bonds. The van der Waals surface area contributed by atoms with Crippen LogP contribution in [0.2, 0.25) is 0 Å². The van der Waals surface area contributed by atoms with E-state index in [9.17, 15) is 0 Å². The SMILES string of the molecule is c1ccc(-c2cccc(-c3ccc4nc(-c5cccc(-c6nc(-c7ccccc7)cc(-c7ccc8oc9ccccc9c8c7)n6)c5)c5oc6ccccc6c5c4c3)c2)cc1. The zero-order valence-electron chi connectivity index (χ0n) is 32.2. The molecule has 0 atom stereocenters. The summed E-state index contributed by atoms with van der Waals surface area (Å²) in [6, 6.07) is 69.1. The summed E-state index contributed by atoms with van der Waals surface area (Å²) < 4.78 is 12.9. The molecule has 60 heavy (non-hydrogen) atoms. The van der Waals surface area contributed by atoms with Gasteiger partial charge in [0.15, 0.2) is 11.4 Å². The average molecular weight is 768 g/mol. The van der Waals surface area contributed by atoms with E-state index in [1.807, 2.05) is 60.7 Å². The van der Waals surface area contributed by atoms with E-state index in [2.05, 4.69) is 140 Å². The third kappa shape index (κ3) is 5.75. The summed E-state index contributed by atoms with van der Waals surface area (Å²) in [4.78, 5) is 15.7. The highest BCUT2D eigenvalue weighted by molar-refractivity contribution is 6.21. The van der Waals surface area contributed by atoms with Gasteiger partial charge in [0.2, 0.25) is 0 Å². The molecule has 0 N–H and O–H groups in total. The summed E-state index contributed by atoms with van der Waals surface area (Å²) in [5.41, 5.74) is 15.0. The van der Waals surface area contributed by atoms with Crippen molar-refractivity contribution in [3.8, 4) is 67.4 Å². The van der Waals surface area contributed by atoms with Crippen molar-refractivity contribution < 1.29 is 8.83 Å². The molecule has 5 heteroatoms. The molecular weight excluding hydrogens is 735 g/mol. The van der Waals surface area contributed by atoms with Gasteiger partial charge in [-0.1, -0.05) is 140 Å². The first-order valence-corrected chi connectivity index (χ1v) is 20.1. The van der Waals surface area contributed by atoms with E-state index in [1.165, 1.54) is 11.1 Å². The molecule has 4 aromatic heterocycles. The Hall–Kier alpha value is -8.15. The van der Waals surface area contributed by atoms with Gasteiger partial charge in [0.05, 0.1) is 16.9 Å². The van der Waals surface area contributed by atoms with Gasteiger partial charge in [-0.2, -0.15) is 0 Å². The van der Waals surface area contributed by atoms with E-state index in [-0.39, 0.29) is 0 Å². The van der Waals surface area contributed by atoms with Gasteiger partial charge in [0.25, 0.3) is 0 Å². The number of benzene rings is 8. The first-order chi connectivity index (χ1) is 29.7. The second-order valence-corrected chi connectivity index (χ2v) is 15.2. The maximum Gasteiger partial charge on any atom is 0.162 e. The van der Waals surface area contributed by atoms with Crippen LogP contribution in [0, 0.1) is 0 Å². The molecule has 0 aliphatic carbocycles. The number of hydrogen-bond donors (Lipinski definition) is 0. The number of nitrogens with zero attached hydrogens (tertiary/aromatic N) is 3. The van der Waals surface area contributed by atoms with E-state index in [0.717, 1.165) is 105 Å². The lowest BCUT2D eigenvalue weighted by atomic mass is 9.96. The second kappa shape index (κ2) is 13.8. The van der Waals surface area contributed by atoms with E-state index < -0.39 is 0 Å². The fraction of sp³-hybridized carbons (Fsp3) is 0. The second-order valence-electron chi connectivity index (χ2n) is 15.2. The highest BCUT2D eigenvalue weighted by atomic mass is 16.3. The molecule has 0 radical (unpaired) electrons. The summed E-state index contributed by atoms with van der Waals surface area (Å²) in [5.74, 6) is 0.620. The molecule has 12 aromatic rings. The van der Waals surface area contributed by atoms with Crippen molar-refractivity contribution in [3.05, 3.63) is 200 Å². The predicted molar refractivity (Wildman–Crippen MR) is 245 cm³/mol. The van der Waals surface area contributed by atoms with Crippen LogP contribution in [0.4, 0.5) is 0 Å². The van der Waals surface area contributed by atoms with Crippen LogP contribution in [0.15, 0.2) is 209 Å². The first kappa shape index (κ1) is 33.9. The molecule has 5 nitrogen and oxygen atoms in total. The first-order valence-electron chi connectivity index (χ1n) is 20.1. The molecule has 0 aliphatic heterocycles. The van der Waals surface area contributed by atoms with Crippen molar-refractivity contribution in [2.24, 2.45) is 0 Å². The van der Waals surface area contributed by atoms with Crippen LogP contribution in [0.5, 0.6) is 0 Å². The van der Waals surface area contributed by atoms with Crippen LogP contribution in [-0.4, -0.2) is 15.0 Å². The van der Waals surface area contributed by atoms with Crippen molar-refractivity contribution in [2.75, 3.05) is 0 Å². The van der Waals surface area contributed by atoms with Gasteiger partial charge in [-0.25, -0.2) is 15.0 Å². The van der Waals surface area contributed by atoms with Crippen molar-refractivity contribution in [2.45, 2.75) is 0 Å². The molecule has 8 aromatic carbocycles. The molecule has 0 saturated heterocycles. The molecule has 12 rings (SSSR count). The normalized spacial score (nSPS) is 11.7. The standard InChI is InChI=1S/C55H33N3O2/c1-3-13-34(14-4-1)36-17-11-18-37(29-36)38-25-27-46-45(31-38)52-43-22-8-10-24-50(43)60-54(52)53(56-46)40-19-12-20-41(30-40)55-57-47(35-15-5-2-6-16-35)33-48(58-55)39-26-28-51-44(32-39)42-21-7-9-23-49(42)59-51/h1-33H. The number of pyridine rings is 1. The van der Waals surface area contributed by atoms with E-state index in [1.54, 1.807) is 0 Å². The van der Waals surface area contributed by atoms with Gasteiger partial charge >= 0.3 is 0 Å². The summed E-state index contributed by atoms with van der Waals surface area (Å²) in [5, 5.41) is 5.27. The third-order valence-corrected chi connectivity index (χ3v) is 11.5. The lowest BCUT2D eigenvalue weighted by molar-refractivity contribution is 0.668. The largest absolute Gasteiger partial charge is 0.456 e. The topological polar surface area (TPSA) is 65.0 Å².